The highest BCUT2D eigenvalue weighted by Crippen LogP contribution is 2.33. The van der Waals surface area contributed by atoms with E-state index in [0.717, 1.165) is 11.1 Å². The molecular weight excluding hydrogens is 382 g/mol. The Bertz CT molecular complexity index is 1050. The number of hydrogen-bond donors (Lipinski definition) is 0. The molecule has 1 unspecified atom stereocenters. The third-order valence-corrected chi connectivity index (χ3v) is 5.85. The molecule has 0 saturated carbocycles. The average Bonchev–Trinajstić information content (AvgIpc) is 3.43. The van der Waals surface area contributed by atoms with E-state index in [1.165, 1.54) is 6.39 Å². The van der Waals surface area contributed by atoms with Crippen LogP contribution in [-0.2, 0) is 11.2 Å². The van der Waals surface area contributed by atoms with Gasteiger partial charge in [-0.25, -0.2) is 9.78 Å². The molecule has 1 aromatic heterocycles. The predicted octanol–water partition coefficient (Wildman–Crippen LogP) is 3.23. The van der Waals surface area contributed by atoms with Gasteiger partial charge in [0.2, 0.25) is 0 Å². The zero-order valence-corrected chi connectivity index (χ0v) is 16.4. The van der Waals surface area contributed by atoms with Gasteiger partial charge in [-0.1, -0.05) is 42.5 Å². The lowest BCUT2D eigenvalue weighted by atomic mass is 9.88. The van der Waals surface area contributed by atoms with E-state index in [4.69, 9.17) is 9.15 Å². The van der Waals surface area contributed by atoms with Gasteiger partial charge < -0.3 is 14.1 Å². The number of benzene rings is 2. The molecule has 0 N–H and O–H groups in total. The lowest BCUT2D eigenvalue weighted by Crippen LogP contribution is -2.63. The topological polar surface area (TPSA) is 75.9 Å². The standard InChI is InChI=1S/C23H21N3O4/c27-21(19-8-6-18(7-9-19)20-13-24-16-30-20)25-10-11-26-22(28)29-15-23(26,14-25)12-17-4-2-1-3-5-17/h1-9,13,16H,10-12,14-15H2. The van der Waals surface area contributed by atoms with Crippen molar-refractivity contribution in [3.63, 3.8) is 0 Å². The van der Waals surface area contributed by atoms with Gasteiger partial charge in [0.25, 0.3) is 5.91 Å². The number of nitrogens with zero attached hydrogens (tertiary/aromatic N) is 3. The van der Waals surface area contributed by atoms with E-state index in [1.807, 2.05) is 47.4 Å². The molecule has 0 spiro atoms. The second kappa shape index (κ2) is 7.33. The largest absolute Gasteiger partial charge is 0.447 e. The van der Waals surface area contributed by atoms with Crippen LogP contribution in [0.4, 0.5) is 4.79 Å². The zero-order valence-electron chi connectivity index (χ0n) is 16.4. The summed E-state index contributed by atoms with van der Waals surface area (Å²) < 4.78 is 10.7. The molecular formula is C23H21N3O4. The first-order chi connectivity index (χ1) is 14.6. The van der Waals surface area contributed by atoms with Crippen molar-refractivity contribution < 1.29 is 18.7 Å². The Morgan fingerprint density at radius 3 is 2.60 bits per heavy atom. The summed E-state index contributed by atoms with van der Waals surface area (Å²) in [5, 5.41) is 0. The molecule has 5 rings (SSSR count). The Hall–Kier alpha value is -3.61. The van der Waals surface area contributed by atoms with E-state index in [1.54, 1.807) is 23.2 Å². The van der Waals surface area contributed by atoms with Crippen LogP contribution in [0, 0.1) is 0 Å². The van der Waals surface area contributed by atoms with Crippen LogP contribution in [0.1, 0.15) is 15.9 Å². The highest BCUT2D eigenvalue weighted by Gasteiger charge is 2.51. The molecule has 2 amide bonds. The van der Waals surface area contributed by atoms with Gasteiger partial charge in [-0.3, -0.25) is 9.69 Å². The van der Waals surface area contributed by atoms with Crippen LogP contribution >= 0.6 is 0 Å². The van der Waals surface area contributed by atoms with Gasteiger partial charge in [-0.05, 0) is 17.7 Å². The number of fused-ring (bicyclic) bond motifs is 1. The summed E-state index contributed by atoms with van der Waals surface area (Å²) in [6, 6.07) is 17.3. The van der Waals surface area contributed by atoms with E-state index in [-0.39, 0.29) is 18.6 Å². The Balaban J connectivity index is 1.37. The molecule has 0 radical (unpaired) electrons. The summed E-state index contributed by atoms with van der Waals surface area (Å²) in [7, 11) is 0. The van der Waals surface area contributed by atoms with Crippen molar-refractivity contribution in [2.75, 3.05) is 26.2 Å². The Morgan fingerprint density at radius 2 is 1.87 bits per heavy atom. The Morgan fingerprint density at radius 1 is 1.07 bits per heavy atom. The summed E-state index contributed by atoms with van der Waals surface area (Å²) in [5.41, 5.74) is 2.05. The van der Waals surface area contributed by atoms with Crippen LogP contribution in [0.5, 0.6) is 0 Å². The first-order valence-electron chi connectivity index (χ1n) is 9.91. The number of piperazine rings is 1. The summed E-state index contributed by atoms with van der Waals surface area (Å²) in [6.45, 7) is 1.67. The van der Waals surface area contributed by atoms with Crippen molar-refractivity contribution in [3.8, 4) is 11.3 Å². The molecule has 3 heterocycles. The second-order valence-corrected chi connectivity index (χ2v) is 7.76. The van der Waals surface area contributed by atoms with Gasteiger partial charge in [0.15, 0.2) is 12.2 Å². The summed E-state index contributed by atoms with van der Waals surface area (Å²) in [4.78, 5) is 33.0. The van der Waals surface area contributed by atoms with Gasteiger partial charge in [0.1, 0.15) is 12.1 Å². The maximum atomic E-state index is 13.2. The van der Waals surface area contributed by atoms with E-state index < -0.39 is 5.54 Å². The molecule has 7 heteroatoms. The first kappa shape index (κ1) is 18.4. The monoisotopic (exact) mass is 403 g/mol. The molecule has 7 nitrogen and oxygen atoms in total. The van der Waals surface area contributed by atoms with E-state index in [9.17, 15) is 9.59 Å². The Labute approximate surface area is 173 Å². The molecule has 2 aliphatic heterocycles. The fourth-order valence-electron chi connectivity index (χ4n) is 4.33. The normalized spacial score (nSPS) is 20.7. The van der Waals surface area contributed by atoms with E-state index in [0.29, 0.717) is 37.4 Å². The van der Waals surface area contributed by atoms with E-state index in [2.05, 4.69) is 4.98 Å². The lowest BCUT2D eigenvalue weighted by Gasteiger charge is -2.44. The average molecular weight is 403 g/mol. The van der Waals surface area contributed by atoms with Crippen LogP contribution in [0.15, 0.2) is 71.6 Å². The van der Waals surface area contributed by atoms with Crippen LogP contribution in [-0.4, -0.2) is 58.6 Å². The Kier molecular flexibility index (Phi) is 4.50. The smallest absolute Gasteiger partial charge is 0.410 e. The van der Waals surface area contributed by atoms with Crippen LogP contribution in [0.2, 0.25) is 0 Å². The fourth-order valence-corrected chi connectivity index (χ4v) is 4.33. The number of cyclic esters (lactones) is 1. The highest BCUT2D eigenvalue weighted by atomic mass is 16.6. The fraction of sp³-hybridized carbons (Fsp3) is 0.261. The van der Waals surface area contributed by atoms with E-state index >= 15 is 0 Å². The predicted molar refractivity (Wildman–Crippen MR) is 109 cm³/mol. The molecule has 2 aliphatic rings. The highest BCUT2D eigenvalue weighted by molar-refractivity contribution is 5.95. The van der Waals surface area contributed by atoms with Crippen LogP contribution < -0.4 is 0 Å². The summed E-state index contributed by atoms with van der Waals surface area (Å²) in [5.74, 6) is 0.608. The number of aromatic nitrogens is 1. The maximum Gasteiger partial charge on any atom is 0.410 e. The molecule has 2 saturated heterocycles. The van der Waals surface area contributed by atoms with Crippen molar-refractivity contribution >= 4 is 12.0 Å². The minimum Gasteiger partial charge on any atom is -0.447 e. The number of oxazole rings is 1. The SMILES string of the molecule is O=C(c1ccc(-c2cnco2)cc1)N1CCN2C(=O)OCC2(Cc2ccccc2)C1. The van der Waals surface area contributed by atoms with Crippen molar-refractivity contribution in [3.05, 3.63) is 78.3 Å². The molecule has 2 fully saturated rings. The van der Waals surface area contributed by atoms with Gasteiger partial charge >= 0.3 is 6.09 Å². The van der Waals surface area contributed by atoms with Gasteiger partial charge in [0.05, 0.1) is 6.20 Å². The van der Waals surface area contributed by atoms with Crippen LogP contribution in [0.25, 0.3) is 11.3 Å². The first-order valence-corrected chi connectivity index (χ1v) is 9.91. The molecule has 1 atom stereocenters. The summed E-state index contributed by atoms with van der Waals surface area (Å²) >= 11 is 0. The quantitative estimate of drug-likeness (QED) is 0.669. The number of ether oxygens (including phenoxy) is 1. The van der Waals surface area contributed by atoms with Crippen molar-refractivity contribution in [2.24, 2.45) is 0 Å². The van der Waals surface area contributed by atoms with Gasteiger partial charge in [-0.15, -0.1) is 0 Å². The minimum atomic E-state index is -0.536. The number of carbonyl (C=O) groups is 2. The second-order valence-electron chi connectivity index (χ2n) is 7.76. The number of carbonyl (C=O) groups excluding carboxylic acids is 2. The molecule has 30 heavy (non-hydrogen) atoms. The zero-order chi connectivity index (χ0) is 20.6. The minimum absolute atomic E-state index is 0.0504. The number of amides is 2. The molecule has 2 aromatic carbocycles. The number of rotatable bonds is 4. The third-order valence-electron chi connectivity index (χ3n) is 5.85. The van der Waals surface area contributed by atoms with Crippen LogP contribution in [0.3, 0.4) is 0 Å². The molecule has 3 aromatic rings. The van der Waals surface area contributed by atoms with Crippen molar-refractivity contribution in [2.45, 2.75) is 12.0 Å². The van der Waals surface area contributed by atoms with Gasteiger partial charge in [-0.2, -0.15) is 0 Å². The lowest BCUT2D eigenvalue weighted by molar-refractivity contribution is 0.0375. The van der Waals surface area contributed by atoms with Gasteiger partial charge in [0, 0.05) is 37.2 Å². The maximum absolute atomic E-state index is 13.2. The molecule has 0 aliphatic carbocycles. The molecule has 152 valence electrons. The van der Waals surface area contributed by atoms with Crippen molar-refractivity contribution in [1.82, 2.24) is 14.8 Å². The third kappa shape index (κ3) is 3.22. The van der Waals surface area contributed by atoms with Crippen molar-refractivity contribution in [1.29, 1.82) is 0 Å². The number of hydrogen-bond acceptors (Lipinski definition) is 5. The molecule has 0 bridgehead atoms. The summed E-state index contributed by atoms with van der Waals surface area (Å²) in [6.07, 6.45) is 3.37.